The summed E-state index contributed by atoms with van der Waals surface area (Å²) in [6, 6.07) is 8.16. The van der Waals surface area contributed by atoms with Crippen LogP contribution in [-0.4, -0.2) is 68.4 Å². The van der Waals surface area contributed by atoms with E-state index in [1.807, 2.05) is 30.3 Å². The van der Waals surface area contributed by atoms with E-state index in [0.29, 0.717) is 31.9 Å². The zero-order valence-corrected chi connectivity index (χ0v) is 21.5. The Morgan fingerprint density at radius 1 is 1.27 bits per heavy atom. The number of aromatic nitrogens is 4. The number of ether oxygens (including phenoxy) is 1. The van der Waals surface area contributed by atoms with Gasteiger partial charge in [-0.25, -0.2) is 9.52 Å². The lowest BCUT2D eigenvalue weighted by Crippen LogP contribution is -2.51. The van der Waals surface area contributed by atoms with E-state index >= 15 is 0 Å². The van der Waals surface area contributed by atoms with Crippen LogP contribution in [0, 0.1) is 0 Å². The van der Waals surface area contributed by atoms with Crippen LogP contribution < -0.4 is 20.8 Å². The van der Waals surface area contributed by atoms with Crippen LogP contribution in [0.4, 0.5) is 0 Å². The highest BCUT2D eigenvalue weighted by molar-refractivity contribution is 6.15. The average molecular weight is 535 g/mol. The van der Waals surface area contributed by atoms with Gasteiger partial charge < -0.3 is 20.7 Å². The normalized spacial score (nSPS) is 16.4. The maximum Gasteiger partial charge on any atom is 0.241 e. The van der Waals surface area contributed by atoms with Gasteiger partial charge in [0.25, 0.3) is 0 Å². The van der Waals surface area contributed by atoms with Crippen molar-refractivity contribution >= 4 is 35.3 Å². The fourth-order valence-electron chi connectivity index (χ4n) is 3.54. The Balaban J connectivity index is 1.56. The predicted octanol–water partition coefficient (Wildman–Crippen LogP) is -0.0768. The number of nitrogens with one attached hydrogen (secondary N) is 4. The van der Waals surface area contributed by atoms with E-state index in [9.17, 15) is 19.2 Å². The third kappa shape index (κ3) is 8.30. The van der Waals surface area contributed by atoms with Gasteiger partial charge in [-0.05, 0) is 48.0 Å². The molecule has 2 atom stereocenters. The van der Waals surface area contributed by atoms with Crippen LogP contribution in [0.15, 0.2) is 30.3 Å². The zero-order chi connectivity index (χ0) is 26.8. The number of amides is 3. The number of tetrazole rings is 1. The van der Waals surface area contributed by atoms with Gasteiger partial charge in [-0.2, -0.15) is 0 Å². The lowest BCUT2D eigenvalue weighted by molar-refractivity contribution is -0.127. The molecule has 1 fully saturated rings. The van der Waals surface area contributed by atoms with Crippen molar-refractivity contribution in [3.05, 3.63) is 41.7 Å². The molecule has 4 N–H and O–H groups in total. The minimum absolute atomic E-state index is 0.0993. The van der Waals surface area contributed by atoms with Crippen molar-refractivity contribution < 1.29 is 23.9 Å². The molecule has 3 rings (SSSR count). The maximum absolute atomic E-state index is 12.8. The Hall–Kier alpha value is -3.42. The monoisotopic (exact) mass is 534 g/mol. The van der Waals surface area contributed by atoms with Gasteiger partial charge in [-0.1, -0.05) is 30.3 Å². The van der Waals surface area contributed by atoms with Crippen LogP contribution in [-0.2, 0) is 37.1 Å². The third-order valence-electron chi connectivity index (χ3n) is 5.69. The Bertz CT molecular complexity index is 1090. The number of hydrogen-bond acceptors (Lipinski definition) is 9. The van der Waals surface area contributed by atoms with Gasteiger partial charge in [0.05, 0.1) is 32.1 Å². The number of ketones is 1. The zero-order valence-electron chi connectivity index (χ0n) is 20.7. The smallest absolute Gasteiger partial charge is 0.241 e. The first-order valence-electron chi connectivity index (χ1n) is 11.8. The lowest BCUT2D eigenvalue weighted by Gasteiger charge is -2.25. The van der Waals surface area contributed by atoms with Crippen LogP contribution in [0.2, 0.25) is 0 Å². The van der Waals surface area contributed by atoms with Crippen LogP contribution >= 0.6 is 11.8 Å². The molecule has 13 nitrogen and oxygen atoms in total. The molecule has 0 spiro atoms. The van der Waals surface area contributed by atoms with E-state index in [2.05, 4.69) is 36.3 Å². The van der Waals surface area contributed by atoms with Crippen molar-refractivity contribution in [3.8, 4) is 0 Å². The summed E-state index contributed by atoms with van der Waals surface area (Å²) in [4.78, 5) is 50.3. The minimum atomic E-state index is -1.05. The first-order chi connectivity index (χ1) is 17.7. The van der Waals surface area contributed by atoms with Crippen molar-refractivity contribution in [2.24, 2.45) is 0 Å². The molecule has 1 aliphatic rings. The molecule has 37 heavy (non-hydrogen) atoms. The van der Waals surface area contributed by atoms with Gasteiger partial charge in [0.1, 0.15) is 11.6 Å². The molecule has 14 heteroatoms. The van der Waals surface area contributed by atoms with Gasteiger partial charge in [0, 0.05) is 13.1 Å². The Morgan fingerprint density at radius 2 is 2.03 bits per heavy atom. The van der Waals surface area contributed by atoms with Crippen molar-refractivity contribution in [2.75, 3.05) is 13.2 Å². The molecular formula is C23H31ClN8O5. The Morgan fingerprint density at radius 3 is 2.70 bits per heavy atom. The quantitative estimate of drug-likeness (QED) is 0.147. The van der Waals surface area contributed by atoms with Crippen LogP contribution in [0.25, 0.3) is 0 Å². The number of benzene rings is 1. The van der Waals surface area contributed by atoms with Crippen molar-refractivity contribution in [2.45, 2.75) is 63.9 Å². The third-order valence-corrected chi connectivity index (χ3v) is 6.17. The van der Waals surface area contributed by atoms with Crippen LogP contribution in [0.3, 0.4) is 0 Å². The second kappa shape index (κ2) is 13.2. The number of Topliss-reactive ketones (excluding diaryl/α,β-unsaturated/α-hetero) is 1. The van der Waals surface area contributed by atoms with Crippen molar-refractivity contribution in [1.29, 1.82) is 0 Å². The molecule has 1 aromatic heterocycles. The first kappa shape index (κ1) is 28.2. The fourth-order valence-corrected chi connectivity index (χ4v) is 3.62. The number of aryl methyl sites for hydroxylation is 1. The first-order valence-corrected chi connectivity index (χ1v) is 12.2. The molecular weight excluding hydrogens is 504 g/mol. The van der Waals surface area contributed by atoms with Crippen LogP contribution in [0.1, 0.15) is 50.5 Å². The molecule has 0 bridgehead atoms. The summed E-state index contributed by atoms with van der Waals surface area (Å²) in [6.45, 7) is 4.36. The second-order valence-corrected chi connectivity index (χ2v) is 9.37. The van der Waals surface area contributed by atoms with Gasteiger partial charge in [0.2, 0.25) is 17.7 Å². The SMILES string of the molecule is CC(C)(NCl)C(=O)N[C@H](COCc1ccccc1)c1nnnn1CCCNC(=O)CC1NC(=O)CC1=O. The molecule has 0 radical (unpaired) electrons. The van der Waals surface area contributed by atoms with E-state index in [1.165, 1.54) is 4.68 Å². The van der Waals surface area contributed by atoms with E-state index in [4.69, 9.17) is 16.5 Å². The molecule has 1 unspecified atom stereocenters. The van der Waals surface area contributed by atoms with Gasteiger partial charge in [-0.3, -0.25) is 19.2 Å². The van der Waals surface area contributed by atoms with Crippen molar-refractivity contribution in [1.82, 2.24) is 41.0 Å². The predicted molar refractivity (Wildman–Crippen MR) is 132 cm³/mol. The lowest BCUT2D eigenvalue weighted by atomic mass is 10.1. The number of rotatable bonds is 14. The van der Waals surface area contributed by atoms with E-state index in [0.717, 1.165) is 5.56 Å². The Kier molecular flexibility index (Phi) is 10.1. The fraction of sp³-hybridized carbons (Fsp3) is 0.522. The molecule has 3 amide bonds. The highest BCUT2D eigenvalue weighted by Gasteiger charge is 2.32. The van der Waals surface area contributed by atoms with Crippen molar-refractivity contribution in [3.63, 3.8) is 0 Å². The Labute approximate surface area is 219 Å². The number of carbonyl (C=O) groups excluding carboxylic acids is 4. The second-order valence-electron chi connectivity index (χ2n) is 9.18. The summed E-state index contributed by atoms with van der Waals surface area (Å²) in [5, 5.41) is 19.9. The standard InChI is InChI=1S/C23H31ClN8O5/c1-23(2,29-24)22(36)27-17(14-37-13-15-7-4-3-5-8-15)21-28-30-31-32(21)10-6-9-25-19(34)11-16-18(33)12-20(35)26-16/h3-5,7-8,16-17,29H,6,9-14H2,1-2H3,(H,25,34)(H,26,35)(H,27,36)/t16?,17-/m1/s1. The highest BCUT2D eigenvalue weighted by atomic mass is 35.5. The number of halogens is 1. The molecule has 1 aromatic carbocycles. The van der Waals surface area contributed by atoms with Gasteiger partial charge in [-0.15, -0.1) is 5.10 Å². The summed E-state index contributed by atoms with van der Waals surface area (Å²) in [6.07, 6.45) is 0.192. The summed E-state index contributed by atoms with van der Waals surface area (Å²) < 4.78 is 7.39. The number of nitrogens with zero attached hydrogens (tertiary/aromatic N) is 4. The summed E-state index contributed by atoms with van der Waals surface area (Å²) >= 11 is 5.73. The summed E-state index contributed by atoms with van der Waals surface area (Å²) in [5.41, 5.74) is -0.0772. The maximum atomic E-state index is 12.8. The average Bonchev–Trinajstić information content (AvgIpc) is 3.46. The summed E-state index contributed by atoms with van der Waals surface area (Å²) in [7, 11) is 0. The number of hydrogen-bond donors (Lipinski definition) is 4. The largest absolute Gasteiger partial charge is 0.374 e. The summed E-state index contributed by atoms with van der Waals surface area (Å²) in [5.74, 6) is -0.974. The topological polar surface area (TPSA) is 169 Å². The van der Waals surface area contributed by atoms with Crippen LogP contribution in [0.5, 0.6) is 0 Å². The molecule has 1 saturated heterocycles. The van der Waals surface area contributed by atoms with E-state index in [1.54, 1.807) is 13.8 Å². The molecule has 0 aliphatic carbocycles. The van der Waals surface area contributed by atoms with E-state index < -0.39 is 17.6 Å². The minimum Gasteiger partial charge on any atom is -0.374 e. The molecule has 0 saturated carbocycles. The van der Waals surface area contributed by atoms with Gasteiger partial charge >= 0.3 is 0 Å². The molecule has 2 heterocycles. The molecule has 2 aromatic rings. The molecule has 200 valence electrons. The van der Waals surface area contributed by atoms with Gasteiger partial charge in [0.15, 0.2) is 11.6 Å². The number of carbonyl (C=O) groups is 4. The van der Waals surface area contributed by atoms with E-state index in [-0.39, 0.29) is 43.0 Å². The highest BCUT2D eigenvalue weighted by Crippen LogP contribution is 2.15. The molecule has 1 aliphatic heterocycles.